The summed E-state index contributed by atoms with van der Waals surface area (Å²) in [6.45, 7) is 7.06. The summed E-state index contributed by atoms with van der Waals surface area (Å²) in [7, 11) is 1.78. The molecule has 4 aromatic rings. The molecule has 0 saturated heterocycles. The minimum atomic E-state index is -0.130. The van der Waals surface area contributed by atoms with E-state index in [9.17, 15) is 4.79 Å². The second-order valence-corrected chi connectivity index (χ2v) is 7.64. The summed E-state index contributed by atoms with van der Waals surface area (Å²) in [5.41, 5.74) is 4.41. The van der Waals surface area contributed by atoms with Gasteiger partial charge in [0.2, 0.25) is 0 Å². The Kier molecular flexibility index (Phi) is 5.30. The van der Waals surface area contributed by atoms with Crippen molar-refractivity contribution in [1.29, 1.82) is 0 Å². The van der Waals surface area contributed by atoms with E-state index in [1.807, 2.05) is 24.7 Å². The van der Waals surface area contributed by atoms with Crippen molar-refractivity contribution in [1.82, 2.24) is 24.6 Å². The molecular weight excluding hydrogens is 402 g/mol. The van der Waals surface area contributed by atoms with Crippen molar-refractivity contribution in [3.8, 4) is 11.4 Å². The molecule has 0 saturated carbocycles. The molecule has 8 heteroatoms. The Balaban J connectivity index is 1.76. The molecule has 1 amide bonds. The van der Waals surface area contributed by atoms with Crippen LogP contribution in [0.15, 0.2) is 41.1 Å². The largest absolute Gasteiger partial charge is 0.449 e. The Labute approximate surface area is 179 Å². The summed E-state index contributed by atoms with van der Waals surface area (Å²) in [6, 6.07) is 7.08. The maximum absolute atomic E-state index is 13.4. The van der Waals surface area contributed by atoms with Crippen LogP contribution in [0.4, 0.5) is 0 Å². The zero-order chi connectivity index (χ0) is 21.4. The smallest absolute Gasteiger partial charge is 0.254 e. The lowest BCUT2D eigenvalue weighted by Crippen LogP contribution is -2.26. The molecule has 0 aliphatic heterocycles. The maximum Gasteiger partial charge on any atom is 0.254 e. The van der Waals surface area contributed by atoms with Gasteiger partial charge in [0.05, 0.1) is 23.0 Å². The Morgan fingerprint density at radius 3 is 2.67 bits per heavy atom. The van der Waals surface area contributed by atoms with Crippen molar-refractivity contribution in [2.45, 2.75) is 33.9 Å². The minimum Gasteiger partial charge on any atom is -0.449 e. The van der Waals surface area contributed by atoms with E-state index < -0.39 is 0 Å². The molecule has 0 aliphatic carbocycles. The number of amides is 1. The van der Waals surface area contributed by atoms with Gasteiger partial charge in [-0.15, -0.1) is 0 Å². The highest BCUT2D eigenvalue weighted by molar-refractivity contribution is 6.31. The van der Waals surface area contributed by atoms with Crippen molar-refractivity contribution in [2.24, 2.45) is 0 Å². The van der Waals surface area contributed by atoms with Crippen LogP contribution < -0.4 is 0 Å². The molecule has 0 atom stereocenters. The number of rotatable bonds is 5. The van der Waals surface area contributed by atoms with Crippen LogP contribution >= 0.6 is 11.6 Å². The number of halogens is 1. The van der Waals surface area contributed by atoms with Crippen molar-refractivity contribution in [2.75, 3.05) is 7.05 Å². The average Bonchev–Trinajstić information content (AvgIpc) is 3.32. The first-order chi connectivity index (χ1) is 14.4. The molecule has 30 heavy (non-hydrogen) atoms. The number of aryl methyl sites for hydroxylation is 2. The lowest BCUT2D eigenvalue weighted by atomic mass is 10.1. The third kappa shape index (κ3) is 3.68. The molecule has 0 unspecified atom stereocenters. The number of oxazole rings is 1. The van der Waals surface area contributed by atoms with Gasteiger partial charge in [-0.05, 0) is 38.1 Å². The first kappa shape index (κ1) is 20.1. The number of carbonyl (C=O) groups excluding carboxylic acids is 1. The highest BCUT2D eigenvalue weighted by Gasteiger charge is 2.20. The van der Waals surface area contributed by atoms with E-state index in [4.69, 9.17) is 16.0 Å². The second kappa shape index (κ2) is 7.91. The minimum absolute atomic E-state index is 0.130. The number of hydrogen-bond acceptors (Lipinski definition) is 5. The molecule has 154 valence electrons. The monoisotopic (exact) mass is 423 g/mol. The quantitative estimate of drug-likeness (QED) is 0.467. The van der Waals surface area contributed by atoms with E-state index in [1.165, 1.54) is 0 Å². The fraction of sp³-hybridized carbons (Fsp3) is 0.273. The van der Waals surface area contributed by atoms with Crippen LogP contribution in [0.2, 0.25) is 5.02 Å². The van der Waals surface area contributed by atoms with Crippen LogP contribution in [0.25, 0.3) is 22.3 Å². The van der Waals surface area contributed by atoms with E-state index in [2.05, 4.69) is 15.1 Å². The molecule has 0 N–H and O–H groups in total. The first-order valence-corrected chi connectivity index (χ1v) is 10.0. The van der Waals surface area contributed by atoms with Crippen molar-refractivity contribution >= 4 is 28.4 Å². The predicted molar refractivity (Wildman–Crippen MR) is 115 cm³/mol. The summed E-state index contributed by atoms with van der Waals surface area (Å²) < 4.78 is 7.24. The van der Waals surface area contributed by atoms with Gasteiger partial charge < -0.3 is 9.32 Å². The van der Waals surface area contributed by atoms with Crippen LogP contribution in [0, 0.1) is 13.8 Å². The lowest BCUT2D eigenvalue weighted by Gasteiger charge is -2.19. The average molecular weight is 424 g/mol. The van der Waals surface area contributed by atoms with Crippen LogP contribution in [0.5, 0.6) is 0 Å². The summed E-state index contributed by atoms with van der Waals surface area (Å²) in [5.74, 6) is 0.409. The molecule has 3 aromatic heterocycles. The summed E-state index contributed by atoms with van der Waals surface area (Å²) in [6.07, 6.45) is 3.35. The van der Waals surface area contributed by atoms with Crippen LogP contribution in [-0.2, 0) is 13.1 Å². The van der Waals surface area contributed by atoms with Gasteiger partial charge in [-0.2, -0.15) is 5.10 Å². The third-order valence-corrected chi connectivity index (χ3v) is 5.38. The molecular formula is C22H22ClN5O2. The standard InChI is InChI=1S/C22H22ClN5O2/c1-5-28-13(2)15(10-24-28)11-27(4)22(29)18-9-20(21-12-30-14(3)25-21)26-19-7-6-16(23)8-17(18)19/h6-10,12H,5,11H2,1-4H3. The summed E-state index contributed by atoms with van der Waals surface area (Å²) >= 11 is 6.21. The van der Waals surface area contributed by atoms with Crippen LogP contribution in [-0.4, -0.2) is 37.6 Å². The Hall–Kier alpha value is -3.19. The Morgan fingerprint density at radius 2 is 2.00 bits per heavy atom. The van der Waals surface area contributed by atoms with Gasteiger partial charge in [-0.3, -0.25) is 9.48 Å². The SMILES string of the molecule is CCn1ncc(CN(C)C(=O)c2cc(-c3coc(C)n3)nc3ccc(Cl)cc23)c1C. The van der Waals surface area contributed by atoms with Crippen molar-refractivity contribution in [3.63, 3.8) is 0 Å². The van der Waals surface area contributed by atoms with E-state index in [0.29, 0.717) is 45.3 Å². The number of benzene rings is 1. The van der Waals surface area contributed by atoms with Crippen LogP contribution in [0.3, 0.4) is 0 Å². The Morgan fingerprint density at radius 1 is 1.20 bits per heavy atom. The fourth-order valence-electron chi connectivity index (χ4n) is 3.48. The molecule has 3 heterocycles. The molecule has 7 nitrogen and oxygen atoms in total. The number of nitrogens with zero attached hydrogens (tertiary/aromatic N) is 5. The summed E-state index contributed by atoms with van der Waals surface area (Å²) in [4.78, 5) is 24.1. The molecule has 0 bridgehead atoms. The number of hydrogen-bond donors (Lipinski definition) is 0. The zero-order valence-electron chi connectivity index (χ0n) is 17.3. The first-order valence-electron chi connectivity index (χ1n) is 9.67. The zero-order valence-corrected chi connectivity index (χ0v) is 18.1. The highest BCUT2D eigenvalue weighted by atomic mass is 35.5. The van der Waals surface area contributed by atoms with E-state index in [-0.39, 0.29) is 5.91 Å². The fourth-order valence-corrected chi connectivity index (χ4v) is 3.65. The number of fused-ring (bicyclic) bond motifs is 1. The van der Waals surface area contributed by atoms with E-state index in [0.717, 1.165) is 17.8 Å². The number of aromatic nitrogens is 4. The normalized spacial score (nSPS) is 11.2. The van der Waals surface area contributed by atoms with Crippen molar-refractivity contribution < 1.29 is 9.21 Å². The van der Waals surface area contributed by atoms with E-state index in [1.54, 1.807) is 49.4 Å². The molecule has 0 spiro atoms. The Bertz CT molecular complexity index is 1240. The van der Waals surface area contributed by atoms with Crippen molar-refractivity contribution in [3.05, 3.63) is 64.5 Å². The van der Waals surface area contributed by atoms with Gasteiger partial charge in [-0.1, -0.05) is 11.6 Å². The van der Waals surface area contributed by atoms with Gasteiger partial charge in [0, 0.05) is 48.7 Å². The maximum atomic E-state index is 13.4. The lowest BCUT2D eigenvalue weighted by molar-refractivity contribution is 0.0787. The molecule has 4 rings (SSSR count). The molecule has 0 aliphatic rings. The number of pyridine rings is 1. The van der Waals surface area contributed by atoms with Gasteiger partial charge >= 0.3 is 0 Å². The third-order valence-electron chi connectivity index (χ3n) is 5.14. The summed E-state index contributed by atoms with van der Waals surface area (Å²) in [5, 5.41) is 5.62. The van der Waals surface area contributed by atoms with Gasteiger partial charge in [0.1, 0.15) is 12.0 Å². The van der Waals surface area contributed by atoms with Crippen LogP contribution in [0.1, 0.15) is 34.4 Å². The molecule has 0 radical (unpaired) electrons. The van der Waals surface area contributed by atoms with Gasteiger partial charge in [0.15, 0.2) is 5.89 Å². The molecule has 1 aromatic carbocycles. The second-order valence-electron chi connectivity index (χ2n) is 7.20. The van der Waals surface area contributed by atoms with Gasteiger partial charge in [0.25, 0.3) is 5.91 Å². The van der Waals surface area contributed by atoms with E-state index >= 15 is 0 Å². The topological polar surface area (TPSA) is 77.0 Å². The predicted octanol–water partition coefficient (Wildman–Crippen LogP) is 4.65. The molecule has 0 fully saturated rings. The number of carbonyl (C=O) groups is 1. The highest BCUT2D eigenvalue weighted by Crippen LogP contribution is 2.28. The van der Waals surface area contributed by atoms with Gasteiger partial charge in [-0.25, -0.2) is 9.97 Å².